The molecule has 4 rings (SSSR count). The van der Waals surface area contributed by atoms with E-state index in [1.807, 2.05) is 4.57 Å². The van der Waals surface area contributed by atoms with Gasteiger partial charge in [0.1, 0.15) is 10.7 Å². The van der Waals surface area contributed by atoms with Gasteiger partial charge in [0.25, 0.3) is 0 Å². The Morgan fingerprint density at radius 1 is 0.829 bits per heavy atom. The Morgan fingerprint density at radius 3 is 2.02 bits per heavy atom. The molecule has 41 heavy (non-hydrogen) atoms. The molecule has 0 atom stereocenters. The molecule has 0 saturated carbocycles. The van der Waals surface area contributed by atoms with E-state index in [2.05, 4.69) is 34.6 Å². The third kappa shape index (κ3) is 11.0. The van der Waals surface area contributed by atoms with E-state index in [4.69, 9.17) is 34.7 Å². The summed E-state index contributed by atoms with van der Waals surface area (Å²) in [5, 5.41) is 0.779. The van der Waals surface area contributed by atoms with Crippen molar-refractivity contribution in [3.63, 3.8) is 0 Å². The van der Waals surface area contributed by atoms with Crippen LogP contribution in [-0.4, -0.2) is 48.8 Å². The summed E-state index contributed by atoms with van der Waals surface area (Å²) >= 11 is 11.9. The van der Waals surface area contributed by atoms with Crippen LogP contribution < -0.4 is 11.5 Å². The van der Waals surface area contributed by atoms with E-state index in [0.29, 0.717) is 34.6 Å². The molecule has 0 aliphatic carbocycles. The van der Waals surface area contributed by atoms with Gasteiger partial charge in [-0.15, -0.1) is 0 Å². The van der Waals surface area contributed by atoms with Gasteiger partial charge in [0.15, 0.2) is 16.6 Å². The minimum Gasteiger partial charge on any atom is -0.469 e. The smallest absolute Gasteiger partial charge is 0.305 e. The van der Waals surface area contributed by atoms with Gasteiger partial charge in [0.05, 0.1) is 13.4 Å². The molecule has 0 saturated heterocycles. The van der Waals surface area contributed by atoms with Crippen LogP contribution in [0.15, 0.2) is 11.3 Å². The number of rotatable bonds is 16. The molecule has 0 amide bonds. The van der Waals surface area contributed by atoms with E-state index >= 15 is 0 Å². The molecular weight excluding hydrogens is 565 g/mol. The highest BCUT2D eigenvalue weighted by Crippen LogP contribution is 2.27. The van der Waals surface area contributed by atoms with E-state index < -0.39 is 0 Å². The van der Waals surface area contributed by atoms with Gasteiger partial charge in [0, 0.05) is 31.2 Å². The number of halogens is 2. The summed E-state index contributed by atoms with van der Waals surface area (Å²) in [6, 6.07) is 0. The van der Waals surface area contributed by atoms with E-state index in [9.17, 15) is 4.79 Å². The fraction of sp³-hybridized carbons (Fsp3) is 0.607. The van der Waals surface area contributed by atoms with Gasteiger partial charge in [0.2, 0.25) is 11.9 Å². The quantitative estimate of drug-likeness (QED) is 0.103. The van der Waals surface area contributed by atoms with E-state index in [1.54, 1.807) is 12.5 Å². The number of fused-ring (bicyclic) bond motifs is 2. The maximum absolute atomic E-state index is 11.0. The molecule has 0 fully saturated rings. The molecule has 0 bridgehead atoms. The number of ether oxygens (including phenoxy) is 1. The molecular formula is C28H41Cl2N9O2. The van der Waals surface area contributed by atoms with E-state index in [0.717, 1.165) is 36.9 Å². The van der Waals surface area contributed by atoms with Crippen molar-refractivity contribution in [2.75, 3.05) is 18.6 Å². The first kappa shape index (κ1) is 32.5. The van der Waals surface area contributed by atoms with Gasteiger partial charge < -0.3 is 20.8 Å². The van der Waals surface area contributed by atoms with Crippen molar-refractivity contribution in [1.29, 1.82) is 0 Å². The number of carbonyl (C=O) groups excluding carboxylic acids is 1. The van der Waals surface area contributed by atoms with Crippen molar-refractivity contribution in [3.8, 4) is 0 Å². The highest BCUT2D eigenvalue weighted by atomic mass is 35.5. The number of aliphatic imine (C=N–C) groups is 1. The number of unbranched alkanes of at least 4 members (excludes halogenated alkanes) is 12. The van der Waals surface area contributed by atoms with Crippen LogP contribution in [0.4, 0.5) is 17.7 Å². The third-order valence-electron chi connectivity index (χ3n) is 6.92. The van der Waals surface area contributed by atoms with Gasteiger partial charge in [-0.25, -0.2) is 15.0 Å². The summed E-state index contributed by atoms with van der Waals surface area (Å²) in [7, 11) is 1.45. The number of hydrogen-bond donors (Lipinski definition) is 2. The summed E-state index contributed by atoms with van der Waals surface area (Å²) in [4.78, 5) is 35.1. The maximum atomic E-state index is 11.0. The number of nitrogen functional groups attached to an aromatic ring is 2. The molecule has 1 aliphatic heterocycles. The number of nitrogens with two attached hydrogens (primary N) is 2. The molecule has 0 unspecified atom stereocenters. The zero-order chi connectivity index (χ0) is 29.5. The Bertz CT molecular complexity index is 1280. The summed E-state index contributed by atoms with van der Waals surface area (Å²) < 4.78 is 6.67. The first-order valence-electron chi connectivity index (χ1n) is 14.4. The van der Waals surface area contributed by atoms with Gasteiger partial charge >= 0.3 is 5.97 Å². The third-order valence-corrected chi connectivity index (χ3v) is 7.49. The zero-order valence-electron chi connectivity index (χ0n) is 23.8. The largest absolute Gasteiger partial charge is 0.469 e. The Labute approximate surface area is 251 Å². The average Bonchev–Trinajstić information content (AvgIpc) is 3.58. The van der Waals surface area contributed by atoms with Crippen molar-refractivity contribution in [2.24, 2.45) is 4.99 Å². The van der Waals surface area contributed by atoms with Crippen LogP contribution >= 0.6 is 23.2 Å². The standard InChI is InChI=1S/C22H36ClN5O2.C6H5ClN4/c1-30-18(29)15-13-11-9-7-5-3-2-4-6-8-10-12-14-16-28-17-25-21-19(28)20(23)26-22(24)27-21;7-4-3-1-2-9-5(3)11-6(8)10-4/h17H,2-16H2,1H3,(H2,24,26,27);2H,1H2,(H2,8,10,11). The minimum atomic E-state index is -0.0881. The molecule has 224 valence electrons. The lowest BCUT2D eigenvalue weighted by Crippen LogP contribution is -2.00. The number of anilines is 2. The first-order chi connectivity index (χ1) is 19.9. The topological polar surface area (TPSA) is 160 Å². The number of imidazole rings is 1. The van der Waals surface area contributed by atoms with Crippen molar-refractivity contribution >= 4 is 64.3 Å². The second kappa shape index (κ2) is 17.7. The summed E-state index contributed by atoms with van der Waals surface area (Å²) in [5.74, 6) is 0.846. The molecule has 11 nitrogen and oxygen atoms in total. The lowest BCUT2D eigenvalue weighted by atomic mass is 10.0. The zero-order valence-corrected chi connectivity index (χ0v) is 25.3. The van der Waals surface area contributed by atoms with Crippen LogP contribution in [0.2, 0.25) is 10.3 Å². The molecule has 1 aliphatic rings. The SMILES string of the molecule is COC(=O)CCCCCCCCCCCCCCCn1cnc2nc(N)nc(Cl)c21.Nc1nc(Cl)c2c(n1)N=CC2. The predicted molar refractivity (Wildman–Crippen MR) is 165 cm³/mol. The molecule has 4 N–H and O–H groups in total. The Kier molecular flexibility index (Phi) is 14.0. The maximum Gasteiger partial charge on any atom is 0.305 e. The Balaban J connectivity index is 0.000000346. The number of carbonyl (C=O) groups is 1. The number of esters is 1. The molecule has 3 aromatic heterocycles. The second-order valence-corrected chi connectivity index (χ2v) is 10.8. The molecule has 3 aromatic rings. The second-order valence-electron chi connectivity index (χ2n) is 10.1. The van der Waals surface area contributed by atoms with E-state index in [-0.39, 0.29) is 17.9 Å². The molecule has 0 spiro atoms. The van der Waals surface area contributed by atoms with Gasteiger partial charge in [-0.2, -0.15) is 15.0 Å². The van der Waals surface area contributed by atoms with Crippen LogP contribution in [0, 0.1) is 0 Å². The van der Waals surface area contributed by atoms with Crippen LogP contribution in [0.1, 0.15) is 95.5 Å². The van der Waals surface area contributed by atoms with Gasteiger partial charge in [-0.1, -0.05) is 93.8 Å². The lowest BCUT2D eigenvalue weighted by Gasteiger charge is -2.06. The van der Waals surface area contributed by atoms with Crippen molar-refractivity contribution in [3.05, 3.63) is 22.2 Å². The van der Waals surface area contributed by atoms with Crippen LogP contribution in [-0.2, 0) is 22.5 Å². The number of methoxy groups -OCH3 is 1. The predicted octanol–water partition coefficient (Wildman–Crippen LogP) is 6.67. The summed E-state index contributed by atoms with van der Waals surface area (Å²) in [5.41, 5.74) is 13.2. The highest BCUT2D eigenvalue weighted by molar-refractivity contribution is 6.33. The molecule has 0 aromatic carbocycles. The molecule has 13 heteroatoms. The van der Waals surface area contributed by atoms with Crippen molar-refractivity contribution in [2.45, 2.75) is 103 Å². The fourth-order valence-corrected chi connectivity index (χ4v) is 5.21. The summed E-state index contributed by atoms with van der Waals surface area (Å²) in [6.45, 7) is 0.878. The lowest BCUT2D eigenvalue weighted by molar-refractivity contribution is -0.140. The van der Waals surface area contributed by atoms with Crippen molar-refractivity contribution in [1.82, 2.24) is 29.5 Å². The molecule has 0 radical (unpaired) electrons. The molecule has 4 heterocycles. The fourth-order valence-electron chi connectivity index (χ4n) is 4.69. The Morgan fingerprint density at radius 2 is 1.39 bits per heavy atom. The monoisotopic (exact) mass is 605 g/mol. The van der Waals surface area contributed by atoms with Gasteiger partial charge in [-0.05, 0) is 12.8 Å². The van der Waals surface area contributed by atoms with Crippen LogP contribution in [0.3, 0.4) is 0 Å². The van der Waals surface area contributed by atoms with Crippen molar-refractivity contribution < 1.29 is 9.53 Å². The van der Waals surface area contributed by atoms with Gasteiger partial charge in [-0.3, -0.25) is 4.79 Å². The van der Waals surface area contributed by atoms with Crippen LogP contribution in [0.25, 0.3) is 11.2 Å². The Hall–Kier alpha value is -3.05. The first-order valence-corrected chi connectivity index (χ1v) is 15.2. The highest BCUT2D eigenvalue weighted by Gasteiger charge is 2.14. The average molecular weight is 607 g/mol. The number of nitrogens with zero attached hydrogens (tertiary/aromatic N) is 7. The number of hydrogen-bond acceptors (Lipinski definition) is 10. The normalized spacial score (nSPS) is 11.9. The number of aromatic nitrogens is 6. The van der Waals surface area contributed by atoms with E-state index in [1.165, 1.54) is 71.3 Å². The summed E-state index contributed by atoms with van der Waals surface area (Å²) in [6.07, 6.45) is 20.9. The minimum absolute atomic E-state index is 0.0881. The van der Waals surface area contributed by atoms with Crippen LogP contribution in [0.5, 0.6) is 0 Å². The number of aryl methyl sites for hydroxylation is 1.